The lowest BCUT2D eigenvalue weighted by Crippen LogP contribution is -2.27. The smallest absolute Gasteiger partial charge is 0.463 e. The molecule has 0 aromatic heterocycles. The van der Waals surface area contributed by atoms with E-state index in [0.717, 1.165) is 77.0 Å². The van der Waals surface area contributed by atoms with Gasteiger partial charge in [0, 0.05) is 19.4 Å². The van der Waals surface area contributed by atoms with Gasteiger partial charge in [0.2, 0.25) is 5.91 Å². The van der Waals surface area contributed by atoms with E-state index in [1.54, 1.807) is 0 Å². The number of hydrogen-bond acceptors (Lipinski definition) is 7. The summed E-state index contributed by atoms with van der Waals surface area (Å²) in [6, 6.07) is 0. The highest BCUT2D eigenvalue weighted by Crippen LogP contribution is 2.42. The number of hydrogen-bond donors (Lipinski definition) is 3. The van der Waals surface area contributed by atoms with Gasteiger partial charge >= 0.3 is 13.8 Å². The minimum Gasteiger partial charge on any atom is -0.463 e. The van der Waals surface area contributed by atoms with E-state index >= 15 is 0 Å². The summed E-state index contributed by atoms with van der Waals surface area (Å²) >= 11 is 0. The molecule has 0 saturated carbocycles. The first-order valence-corrected chi connectivity index (χ1v) is 29.3. The molecule has 10 heteroatoms. The Hall–Kier alpha value is -2.29. The molecule has 0 saturated heterocycles. The van der Waals surface area contributed by atoms with Crippen molar-refractivity contribution >= 4 is 19.7 Å². The predicted octanol–water partition coefficient (Wildman–Crippen LogP) is 16.8. The predicted molar refractivity (Wildman–Crippen MR) is 284 cm³/mol. The van der Waals surface area contributed by atoms with Crippen LogP contribution in [0.3, 0.4) is 0 Å². The van der Waals surface area contributed by atoms with Crippen molar-refractivity contribution in [3.63, 3.8) is 0 Å². The van der Waals surface area contributed by atoms with Gasteiger partial charge in [0.1, 0.15) is 12.7 Å². The molecule has 2 unspecified atom stereocenters. The van der Waals surface area contributed by atoms with Crippen molar-refractivity contribution in [3.8, 4) is 0 Å². The van der Waals surface area contributed by atoms with Gasteiger partial charge in [0.25, 0.3) is 0 Å². The standard InChI is InChI=1S/C57H104NO8P/c1-3-5-7-9-11-13-15-17-19-21-23-25-27-29-31-33-35-37-39-41-43-45-47-49-56(60)58-51-52-65-67(62,63)66-54-55(59)53-64-57(61)50-48-46-44-42-40-38-36-34-32-30-28-26-24-22-20-18-16-14-12-10-8-6-4-2/h5,7,11,13,17,19,23,25,29,31,55,59H,3-4,6,8-10,12,14-16,18,20-22,24,26-28,30,32-54H2,1-2H3,(H,58,60)(H,62,63)/b7-5-,13-11-,19-17-,25-23-,31-29-. The van der Waals surface area contributed by atoms with Gasteiger partial charge < -0.3 is 20.1 Å². The molecule has 0 heterocycles. The largest absolute Gasteiger partial charge is 0.472 e. The zero-order valence-corrected chi connectivity index (χ0v) is 44.2. The SMILES string of the molecule is CC/C=C\C/C=C\C/C=C\C/C=C\C/C=C\CCCCCCCCCC(=O)NCCOP(=O)(O)OCC(O)COC(=O)CCCCCCCCCCCCCCCCCCCCCCCCC. The highest BCUT2D eigenvalue weighted by molar-refractivity contribution is 7.47. The van der Waals surface area contributed by atoms with Crippen molar-refractivity contribution in [2.24, 2.45) is 0 Å². The highest BCUT2D eigenvalue weighted by atomic mass is 31.2. The van der Waals surface area contributed by atoms with Crippen molar-refractivity contribution < 1.29 is 37.9 Å². The van der Waals surface area contributed by atoms with E-state index in [9.17, 15) is 24.2 Å². The average molecular weight is 962 g/mol. The zero-order valence-electron chi connectivity index (χ0n) is 43.3. The second-order valence-electron chi connectivity index (χ2n) is 18.5. The molecule has 390 valence electrons. The number of rotatable bonds is 52. The molecule has 0 rings (SSSR count). The van der Waals surface area contributed by atoms with Gasteiger partial charge in [-0.1, -0.05) is 248 Å². The van der Waals surface area contributed by atoms with Crippen LogP contribution in [0.15, 0.2) is 60.8 Å². The van der Waals surface area contributed by atoms with Gasteiger partial charge in [0.05, 0.1) is 13.2 Å². The van der Waals surface area contributed by atoms with E-state index in [1.165, 1.54) is 154 Å². The van der Waals surface area contributed by atoms with Gasteiger partial charge in [-0.05, 0) is 57.8 Å². The highest BCUT2D eigenvalue weighted by Gasteiger charge is 2.23. The summed E-state index contributed by atoms with van der Waals surface area (Å²) in [6.07, 6.45) is 66.0. The number of carbonyl (C=O) groups excluding carboxylic acids is 2. The number of allylic oxidation sites excluding steroid dienone is 10. The van der Waals surface area contributed by atoms with Crippen LogP contribution in [0.1, 0.15) is 258 Å². The third-order valence-corrected chi connectivity index (χ3v) is 12.9. The Bertz CT molecular complexity index is 1280. The van der Waals surface area contributed by atoms with E-state index in [4.69, 9.17) is 13.8 Å². The van der Waals surface area contributed by atoms with Crippen LogP contribution in [0, 0.1) is 0 Å². The summed E-state index contributed by atoms with van der Waals surface area (Å²) in [5, 5.41) is 12.8. The summed E-state index contributed by atoms with van der Waals surface area (Å²) in [6.45, 7) is 3.47. The number of phosphoric ester groups is 1. The van der Waals surface area contributed by atoms with Gasteiger partial charge in [-0.15, -0.1) is 0 Å². The fourth-order valence-electron chi connectivity index (χ4n) is 7.82. The Labute approximate surface area is 412 Å². The lowest BCUT2D eigenvalue weighted by molar-refractivity contribution is -0.147. The summed E-state index contributed by atoms with van der Waals surface area (Å²) in [4.78, 5) is 34.2. The second kappa shape index (κ2) is 53.1. The van der Waals surface area contributed by atoms with Crippen molar-refractivity contribution in [2.45, 2.75) is 264 Å². The lowest BCUT2D eigenvalue weighted by Gasteiger charge is -2.15. The maximum absolute atomic E-state index is 12.2. The molecule has 0 aromatic rings. The number of carbonyl (C=O) groups is 2. The molecule has 0 bridgehead atoms. The number of aliphatic hydroxyl groups excluding tert-OH is 1. The van der Waals surface area contributed by atoms with Crippen LogP contribution in [0.5, 0.6) is 0 Å². The first-order valence-electron chi connectivity index (χ1n) is 27.8. The maximum Gasteiger partial charge on any atom is 0.472 e. The van der Waals surface area contributed by atoms with Crippen molar-refractivity contribution in [1.82, 2.24) is 5.32 Å². The van der Waals surface area contributed by atoms with Crippen LogP contribution in [0.4, 0.5) is 0 Å². The molecule has 0 aliphatic heterocycles. The zero-order chi connectivity index (χ0) is 48.8. The van der Waals surface area contributed by atoms with Crippen LogP contribution in [-0.4, -0.2) is 54.3 Å². The molecule has 0 spiro atoms. The molecule has 9 nitrogen and oxygen atoms in total. The fourth-order valence-corrected chi connectivity index (χ4v) is 8.58. The Morgan fingerprint density at radius 2 is 0.851 bits per heavy atom. The Morgan fingerprint density at radius 3 is 1.28 bits per heavy atom. The van der Waals surface area contributed by atoms with E-state index in [0.29, 0.717) is 6.42 Å². The van der Waals surface area contributed by atoms with Crippen LogP contribution < -0.4 is 5.32 Å². The quantitative estimate of drug-likeness (QED) is 0.0238. The number of aliphatic hydroxyl groups is 1. The normalized spacial score (nSPS) is 13.6. The number of amides is 1. The number of unbranched alkanes of at least 4 members (excludes halogenated alkanes) is 29. The van der Waals surface area contributed by atoms with Crippen molar-refractivity contribution in [2.75, 3.05) is 26.4 Å². The Kier molecular flexibility index (Phi) is 51.3. The Morgan fingerprint density at radius 1 is 0.478 bits per heavy atom. The van der Waals surface area contributed by atoms with Gasteiger partial charge in [-0.3, -0.25) is 18.6 Å². The summed E-state index contributed by atoms with van der Waals surface area (Å²) < 4.78 is 27.0. The summed E-state index contributed by atoms with van der Waals surface area (Å²) in [7, 11) is -4.43. The first-order chi connectivity index (χ1) is 32.8. The number of nitrogens with one attached hydrogen (secondary N) is 1. The summed E-state index contributed by atoms with van der Waals surface area (Å²) in [5.41, 5.74) is 0. The van der Waals surface area contributed by atoms with Crippen LogP contribution in [0.25, 0.3) is 0 Å². The molecule has 67 heavy (non-hydrogen) atoms. The molecule has 0 fully saturated rings. The number of ether oxygens (including phenoxy) is 1. The average Bonchev–Trinajstić information content (AvgIpc) is 3.32. The van der Waals surface area contributed by atoms with Gasteiger partial charge in [0.15, 0.2) is 0 Å². The van der Waals surface area contributed by atoms with E-state index < -0.39 is 26.5 Å². The van der Waals surface area contributed by atoms with Gasteiger partial charge in [-0.2, -0.15) is 0 Å². The van der Waals surface area contributed by atoms with Crippen molar-refractivity contribution in [3.05, 3.63) is 60.8 Å². The third kappa shape index (κ3) is 54.5. The number of phosphoric acid groups is 1. The molecular weight excluding hydrogens is 858 g/mol. The maximum atomic E-state index is 12.2. The monoisotopic (exact) mass is 962 g/mol. The fraction of sp³-hybridized carbons (Fsp3) is 0.789. The third-order valence-electron chi connectivity index (χ3n) is 12.0. The van der Waals surface area contributed by atoms with E-state index in [-0.39, 0.29) is 32.1 Å². The van der Waals surface area contributed by atoms with Crippen LogP contribution >= 0.6 is 7.82 Å². The van der Waals surface area contributed by atoms with E-state index in [2.05, 4.69) is 79.9 Å². The Balaban J connectivity index is 3.55. The lowest BCUT2D eigenvalue weighted by atomic mass is 10.0. The summed E-state index contributed by atoms with van der Waals surface area (Å²) in [5.74, 6) is -0.520. The molecule has 1 amide bonds. The molecule has 0 radical (unpaired) electrons. The topological polar surface area (TPSA) is 131 Å². The molecule has 3 N–H and O–H groups in total. The molecule has 0 aliphatic rings. The number of esters is 1. The van der Waals surface area contributed by atoms with Gasteiger partial charge in [-0.25, -0.2) is 4.57 Å². The van der Waals surface area contributed by atoms with Crippen molar-refractivity contribution in [1.29, 1.82) is 0 Å². The van der Waals surface area contributed by atoms with Crippen LogP contribution in [-0.2, 0) is 27.9 Å². The molecular formula is C57H104NO8P. The van der Waals surface area contributed by atoms with Crippen LogP contribution in [0.2, 0.25) is 0 Å². The second-order valence-corrected chi connectivity index (χ2v) is 20.0. The minimum atomic E-state index is -4.43. The first kappa shape index (κ1) is 64.7. The molecule has 0 aliphatic carbocycles. The van der Waals surface area contributed by atoms with E-state index in [1.807, 2.05) is 0 Å². The molecule has 0 aromatic carbocycles. The minimum absolute atomic E-state index is 0.0738. The molecule has 2 atom stereocenters.